The predicted octanol–water partition coefficient (Wildman–Crippen LogP) is 3.39. The van der Waals surface area contributed by atoms with E-state index < -0.39 is 29.1 Å². The van der Waals surface area contributed by atoms with E-state index in [4.69, 9.17) is 0 Å². The van der Waals surface area contributed by atoms with Gasteiger partial charge < -0.3 is 20.8 Å². The molecule has 0 spiro atoms. The first-order valence-corrected chi connectivity index (χ1v) is 9.29. The van der Waals surface area contributed by atoms with Crippen molar-refractivity contribution in [2.24, 2.45) is 0 Å². The summed E-state index contributed by atoms with van der Waals surface area (Å²) in [6.45, 7) is 3.47. The van der Waals surface area contributed by atoms with E-state index in [-0.39, 0.29) is 36.9 Å². The number of amides is 1. The van der Waals surface area contributed by atoms with E-state index in [1.165, 1.54) is 0 Å². The molecular formula is C19H24F6N2O3. The van der Waals surface area contributed by atoms with Crippen LogP contribution in [0.3, 0.4) is 0 Å². The molecule has 0 fully saturated rings. The van der Waals surface area contributed by atoms with Crippen LogP contribution < -0.4 is 10.6 Å². The molecule has 0 aromatic heterocycles. The van der Waals surface area contributed by atoms with Gasteiger partial charge in [0.2, 0.25) is 5.91 Å². The third-order valence-corrected chi connectivity index (χ3v) is 4.96. The molecule has 2 rings (SSSR count). The molecule has 0 saturated carbocycles. The number of benzene rings is 1. The molecule has 1 aromatic rings. The number of hydrogen-bond acceptors (Lipinski definition) is 4. The number of aryl methyl sites for hydroxylation is 1. The second-order valence-corrected chi connectivity index (χ2v) is 8.07. The minimum Gasteiger partial charge on any atom is -0.390 e. The maximum atomic E-state index is 13.1. The average Bonchev–Trinajstić information content (AvgIpc) is 2.57. The molecule has 4 N–H and O–H groups in total. The fraction of sp³-hybridized carbons (Fsp3) is 0.632. The number of carbonyl (C=O) groups excluding carboxylic acids is 1. The topological polar surface area (TPSA) is 81.6 Å². The molecule has 1 unspecified atom stereocenters. The van der Waals surface area contributed by atoms with Crippen molar-refractivity contribution in [2.75, 3.05) is 11.9 Å². The van der Waals surface area contributed by atoms with Gasteiger partial charge in [-0.2, -0.15) is 26.3 Å². The number of carbonyl (C=O) groups is 1. The van der Waals surface area contributed by atoms with E-state index in [1.807, 2.05) is 0 Å². The first-order valence-electron chi connectivity index (χ1n) is 9.29. The maximum Gasteiger partial charge on any atom is 0.430 e. The third kappa shape index (κ3) is 5.37. The minimum atomic E-state index is -5.94. The molecule has 1 aromatic carbocycles. The summed E-state index contributed by atoms with van der Waals surface area (Å²) in [5.74, 6) is -0.291. The van der Waals surface area contributed by atoms with E-state index >= 15 is 0 Å². The zero-order valence-electron chi connectivity index (χ0n) is 16.4. The van der Waals surface area contributed by atoms with Gasteiger partial charge in [-0.15, -0.1) is 0 Å². The molecule has 1 amide bonds. The Kier molecular flexibility index (Phi) is 6.68. The molecule has 0 saturated heterocycles. The van der Waals surface area contributed by atoms with Crippen LogP contribution in [0.5, 0.6) is 0 Å². The Morgan fingerprint density at radius 2 is 1.73 bits per heavy atom. The Morgan fingerprint density at radius 1 is 1.13 bits per heavy atom. The first kappa shape index (κ1) is 24.3. The zero-order chi connectivity index (χ0) is 23.0. The van der Waals surface area contributed by atoms with Gasteiger partial charge in [-0.1, -0.05) is 12.1 Å². The summed E-state index contributed by atoms with van der Waals surface area (Å²) >= 11 is 0. The molecule has 0 bridgehead atoms. The van der Waals surface area contributed by atoms with Crippen LogP contribution in [-0.4, -0.2) is 46.7 Å². The third-order valence-electron chi connectivity index (χ3n) is 4.96. The molecule has 30 heavy (non-hydrogen) atoms. The van der Waals surface area contributed by atoms with Crippen molar-refractivity contribution in [1.82, 2.24) is 5.32 Å². The lowest BCUT2D eigenvalue weighted by molar-refractivity contribution is -0.376. The lowest BCUT2D eigenvalue weighted by Gasteiger charge is -2.34. The van der Waals surface area contributed by atoms with Crippen molar-refractivity contribution < 1.29 is 41.4 Å². The summed E-state index contributed by atoms with van der Waals surface area (Å²) in [4.78, 5) is 12.0. The largest absolute Gasteiger partial charge is 0.430 e. The van der Waals surface area contributed by atoms with Crippen molar-refractivity contribution in [3.05, 3.63) is 29.3 Å². The highest BCUT2D eigenvalue weighted by atomic mass is 19.4. The van der Waals surface area contributed by atoms with Crippen LogP contribution in [0.1, 0.15) is 44.2 Å². The van der Waals surface area contributed by atoms with Crippen LogP contribution >= 0.6 is 0 Å². The van der Waals surface area contributed by atoms with Crippen molar-refractivity contribution >= 4 is 11.6 Å². The highest BCUT2D eigenvalue weighted by molar-refractivity contribution is 5.77. The zero-order valence-corrected chi connectivity index (χ0v) is 16.4. The van der Waals surface area contributed by atoms with Gasteiger partial charge in [0.25, 0.3) is 5.60 Å². The number of aliphatic hydroxyl groups is 2. The molecule has 1 heterocycles. The molecule has 1 aliphatic rings. The highest BCUT2D eigenvalue weighted by Gasteiger charge is 2.71. The standard InChI is InChI=1S/C19H24F6N2O3/c1-16(2,29)7-8-26-15(28)10-13-5-3-11-9-12(4-6-14(11)27-13)17(30,18(20,21)22)19(23,24)25/h4,6,9,13,27,29-30H,3,5,7-8,10H2,1-2H3,(H,26,28). The average molecular weight is 442 g/mol. The van der Waals surface area contributed by atoms with Gasteiger partial charge in [-0.05, 0) is 44.7 Å². The maximum absolute atomic E-state index is 13.1. The van der Waals surface area contributed by atoms with Gasteiger partial charge in [0.1, 0.15) is 0 Å². The van der Waals surface area contributed by atoms with Crippen LogP contribution in [0.25, 0.3) is 0 Å². The van der Waals surface area contributed by atoms with Gasteiger partial charge in [0, 0.05) is 30.3 Å². The second kappa shape index (κ2) is 8.26. The number of anilines is 1. The molecule has 5 nitrogen and oxygen atoms in total. The Hall–Kier alpha value is -2.01. The van der Waals surface area contributed by atoms with Gasteiger partial charge >= 0.3 is 12.4 Å². The Labute approximate surface area is 169 Å². The van der Waals surface area contributed by atoms with Crippen LogP contribution in [0.2, 0.25) is 0 Å². The molecule has 0 radical (unpaired) electrons. The quantitative estimate of drug-likeness (QED) is 0.509. The monoisotopic (exact) mass is 442 g/mol. The van der Waals surface area contributed by atoms with Crippen molar-refractivity contribution in [3.8, 4) is 0 Å². The van der Waals surface area contributed by atoms with E-state index in [2.05, 4.69) is 10.6 Å². The Bertz CT molecular complexity index is 757. The number of fused-ring (bicyclic) bond motifs is 1. The summed E-state index contributed by atoms with van der Waals surface area (Å²) in [6.07, 6.45) is -11.0. The van der Waals surface area contributed by atoms with Gasteiger partial charge in [0.05, 0.1) is 5.60 Å². The highest BCUT2D eigenvalue weighted by Crippen LogP contribution is 2.50. The summed E-state index contributed by atoms with van der Waals surface area (Å²) in [7, 11) is 0. The second-order valence-electron chi connectivity index (χ2n) is 8.07. The number of alkyl halides is 6. The molecular weight excluding hydrogens is 418 g/mol. The van der Waals surface area contributed by atoms with Crippen LogP contribution in [0, 0.1) is 0 Å². The lowest BCUT2D eigenvalue weighted by Crippen LogP contribution is -2.54. The molecule has 170 valence electrons. The Morgan fingerprint density at radius 3 is 2.27 bits per heavy atom. The first-order chi connectivity index (χ1) is 13.5. The van der Waals surface area contributed by atoms with Crippen molar-refractivity contribution in [1.29, 1.82) is 0 Å². The normalized spacial score (nSPS) is 17.9. The van der Waals surface area contributed by atoms with E-state index in [0.717, 1.165) is 6.07 Å². The van der Waals surface area contributed by atoms with Crippen LogP contribution in [0.15, 0.2) is 18.2 Å². The van der Waals surface area contributed by atoms with Gasteiger partial charge in [-0.25, -0.2) is 0 Å². The number of hydrogen-bond donors (Lipinski definition) is 4. The molecule has 11 heteroatoms. The SMILES string of the molecule is CC(C)(O)CCNC(=O)CC1CCc2cc(C(O)(C(F)(F)F)C(F)(F)F)ccc2N1. The number of rotatable bonds is 6. The minimum absolute atomic E-state index is 0.0576. The van der Waals surface area contributed by atoms with Crippen LogP contribution in [0.4, 0.5) is 32.0 Å². The van der Waals surface area contributed by atoms with E-state index in [0.29, 0.717) is 30.7 Å². The summed E-state index contributed by atoms with van der Waals surface area (Å²) < 4.78 is 78.3. The van der Waals surface area contributed by atoms with E-state index in [1.54, 1.807) is 13.8 Å². The number of nitrogens with one attached hydrogen (secondary N) is 2. The lowest BCUT2D eigenvalue weighted by atomic mass is 9.87. The summed E-state index contributed by atoms with van der Waals surface area (Å²) in [6, 6.07) is 1.97. The Balaban J connectivity index is 2.10. The van der Waals surface area contributed by atoms with E-state index in [9.17, 15) is 41.4 Å². The number of halogens is 6. The summed E-state index contributed by atoms with van der Waals surface area (Å²) in [5.41, 5.74) is -6.69. The molecule has 0 aliphatic carbocycles. The molecule has 1 atom stereocenters. The van der Waals surface area contributed by atoms with Crippen molar-refractivity contribution in [3.63, 3.8) is 0 Å². The van der Waals surface area contributed by atoms with Gasteiger partial charge in [-0.3, -0.25) is 4.79 Å². The van der Waals surface area contributed by atoms with Gasteiger partial charge in [0.15, 0.2) is 0 Å². The smallest absolute Gasteiger partial charge is 0.390 e. The molecule has 1 aliphatic heterocycles. The fourth-order valence-electron chi connectivity index (χ4n) is 3.23. The predicted molar refractivity (Wildman–Crippen MR) is 96.7 cm³/mol. The van der Waals surface area contributed by atoms with Crippen LogP contribution in [-0.2, 0) is 16.8 Å². The fourth-order valence-corrected chi connectivity index (χ4v) is 3.23. The van der Waals surface area contributed by atoms with Crippen molar-refractivity contribution in [2.45, 2.75) is 69.1 Å². The summed E-state index contributed by atoms with van der Waals surface area (Å²) in [5, 5.41) is 24.7.